The third-order valence-corrected chi connectivity index (χ3v) is 3.76. The van der Waals surface area contributed by atoms with E-state index in [4.69, 9.17) is 0 Å². The fourth-order valence-corrected chi connectivity index (χ4v) is 2.34. The van der Waals surface area contributed by atoms with Gasteiger partial charge in [0.25, 0.3) is 5.56 Å². The molecule has 1 aromatic heterocycles. The van der Waals surface area contributed by atoms with Crippen molar-refractivity contribution in [3.63, 3.8) is 0 Å². The van der Waals surface area contributed by atoms with Crippen molar-refractivity contribution in [2.24, 2.45) is 0 Å². The van der Waals surface area contributed by atoms with Gasteiger partial charge >= 0.3 is 0 Å². The van der Waals surface area contributed by atoms with Gasteiger partial charge in [0, 0.05) is 17.3 Å². The first-order chi connectivity index (χ1) is 12.4. The standard InChI is InChI=1S/C19H15F2N3O2/c1-12-2-7-15(10-16(12)21)22-18(25)11-24-19(26)9-8-17(23-24)13-3-5-14(20)6-4-13/h2-10H,11H2,1H3,(H,22,25). The number of amides is 1. The zero-order chi connectivity index (χ0) is 18.7. The van der Waals surface area contributed by atoms with E-state index < -0.39 is 17.3 Å². The lowest BCUT2D eigenvalue weighted by Crippen LogP contribution is -2.29. The minimum absolute atomic E-state index is 0.292. The molecule has 1 heterocycles. The molecule has 0 unspecified atom stereocenters. The molecule has 0 radical (unpaired) electrons. The van der Waals surface area contributed by atoms with Gasteiger partial charge in [-0.25, -0.2) is 13.5 Å². The SMILES string of the molecule is Cc1ccc(NC(=O)Cn2nc(-c3ccc(F)cc3)ccc2=O)cc1F. The zero-order valence-corrected chi connectivity index (χ0v) is 13.9. The van der Waals surface area contributed by atoms with Gasteiger partial charge in [-0.3, -0.25) is 9.59 Å². The third kappa shape index (κ3) is 4.00. The molecule has 2 aromatic carbocycles. The molecule has 3 rings (SSSR count). The molecule has 1 amide bonds. The summed E-state index contributed by atoms with van der Waals surface area (Å²) in [4.78, 5) is 24.1. The van der Waals surface area contributed by atoms with E-state index in [2.05, 4.69) is 10.4 Å². The first-order valence-corrected chi connectivity index (χ1v) is 7.82. The summed E-state index contributed by atoms with van der Waals surface area (Å²) in [5.41, 5.74) is 1.34. The number of aryl methyl sites for hydroxylation is 1. The molecule has 0 aliphatic rings. The Bertz CT molecular complexity index is 1010. The zero-order valence-electron chi connectivity index (χ0n) is 13.9. The molecule has 26 heavy (non-hydrogen) atoms. The predicted octanol–water partition coefficient (Wildman–Crippen LogP) is 3.14. The largest absolute Gasteiger partial charge is 0.324 e. The van der Waals surface area contributed by atoms with E-state index in [1.54, 1.807) is 19.1 Å². The van der Waals surface area contributed by atoms with E-state index in [9.17, 15) is 18.4 Å². The van der Waals surface area contributed by atoms with Crippen LogP contribution in [-0.4, -0.2) is 15.7 Å². The fourth-order valence-electron chi connectivity index (χ4n) is 2.34. The highest BCUT2D eigenvalue weighted by atomic mass is 19.1. The number of anilines is 1. The molecular weight excluding hydrogens is 340 g/mol. The van der Waals surface area contributed by atoms with Gasteiger partial charge in [-0.2, -0.15) is 5.10 Å². The summed E-state index contributed by atoms with van der Waals surface area (Å²) < 4.78 is 27.6. The van der Waals surface area contributed by atoms with Crippen molar-refractivity contribution in [3.05, 3.63) is 82.1 Å². The van der Waals surface area contributed by atoms with Crippen molar-refractivity contribution < 1.29 is 13.6 Å². The second-order valence-electron chi connectivity index (χ2n) is 5.73. The molecule has 0 fully saturated rings. The van der Waals surface area contributed by atoms with Crippen LogP contribution >= 0.6 is 0 Å². The van der Waals surface area contributed by atoms with Gasteiger partial charge in [-0.05, 0) is 55.0 Å². The number of carbonyl (C=O) groups is 1. The average Bonchev–Trinajstić information content (AvgIpc) is 2.61. The Kier molecular flexibility index (Phi) is 4.88. The van der Waals surface area contributed by atoms with Crippen LogP contribution in [0.3, 0.4) is 0 Å². The van der Waals surface area contributed by atoms with Crippen molar-refractivity contribution in [1.82, 2.24) is 9.78 Å². The summed E-state index contributed by atoms with van der Waals surface area (Å²) in [7, 11) is 0. The average molecular weight is 355 g/mol. The summed E-state index contributed by atoms with van der Waals surface area (Å²) in [5.74, 6) is -1.33. The Labute approximate surface area is 147 Å². The highest BCUT2D eigenvalue weighted by Crippen LogP contribution is 2.16. The van der Waals surface area contributed by atoms with Gasteiger partial charge in [0.1, 0.15) is 18.2 Å². The number of benzene rings is 2. The fraction of sp³-hybridized carbons (Fsp3) is 0.105. The van der Waals surface area contributed by atoms with Crippen LogP contribution in [0.4, 0.5) is 14.5 Å². The first kappa shape index (κ1) is 17.5. The minimum atomic E-state index is -0.515. The first-order valence-electron chi connectivity index (χ1n) is 7.82. The number of nitrogens with one attached hydrogen (secondary N) is 1. The van der Waals surface area contributed by atoms with Crippen LogP contribution in [0, 0.1) is 18.6 Å². The van der Waals surface area contributed by atoms with Crippen LogP contribution < -0.4 is 10.9 Å². The Morgan fingerprint density at radius 3 is 2.50 bits per heavy atom. The van der Waals surface area contributed by atoms with E-state index in [0.717, 1.165) is 4.68 Å². The van der Waals surface area contributed by atoms with Crippen molar-refractivity contribution in [1.29, 1.82) is 0 Å². The Morgan fingerprint density at radius 1 is 1.08 bits per heavy atom. The lowest BCUT2D eigenvalue weighted by Gasteiger charge is -2.09. The Balaban J connectivity index is 1.79. The van der Waals surface area contributed by atoms with Crippen LogP contribution in [-0.2, 0) is 11.3 Å². The van der Waals surface area contributed by atoms with Crippen molar-refractivity contribution in [2.45, 2.75) is 13.5 Å². The number of nitrogens with zero attached hydrogens (tertiary/aromatic N) is 2. The number of aromatic nitrogens is 2. The Morgan fingerprint density at radius 2 is 1.81 bits per heavy atom. The molecular formula is C19H15F2N3O2. The highest BCUT2D eigenvalue weighted by molar-refractivity contribution is 5.90. The molecule has 0 atom stereocenters. The van der Waals surface area contributed by atoms with Gasteiger partial charge in [0.2, 0.25) is 5.91 Å². The molecule has 0 aliphatic carbocycles. The molecule has 0 saturated heterocycles. The molecule has 0 saturated carbocycles. The van der Waals surface area contributed by atoms with E-state index in [-0.39, 0.29) is 12.4 Å². The summed E-state index contributed by atoms with van der Waals surface area (Å²) >= 11 is 0. The van der Waals surface area contributed by atoms with Crippen LogP contribution in [0.1, 0.15) is 5.56 Å². The summed E-state index contributed by atoms with van der Waals surface area (Å²) in [6, 6.07) is 12.7. The minimum Gasteiger partial charge on any atom is -0.324 e. The van der Waals surface area contributed by atoms with Gasteiger partial charge < -0.3 is 5.32 Å². The number of carbonyl (C=O) groups excluding carboxylic acids is 1. The van der Waals surface area contributed by atoms with Gasteiger partial charge in [-0.15, -0.1) is 0 Å². The smallest absolute Gasteiger partial charge is 0.267 e. The topological polar surface area (TPSA) is 64.0 Å². The lowest BCUT2D eigenvalue weighted by molar-refractivity contribution is -0.117. The van der Waals surface area contributed by atoms with E-state index in [1.165, 1.54) is 42.5 Å². The molecule has 5 nitrogen and oxygen atoms in total. The van der Waals surface area contributed by atoms with Crippen LogP contribution in [0.25, 0.3) is 11.3 Å². The molecule has 0 aliphatic heterocycles. The van der Waals surface area contributed by atoms with Crippen LogP contribution in [0.2, 0.25) is 0 Å². The second-order valence-corrected chi connectivity index (χ2v) is 5.73. The molecule has 0 bridgehead atoms. The molecule has 7 heteroatoms. The summed E-state index contributed by atoms with van der Waals surface area (Å²) in [6.45, 7) is 1.29. The molecule has 132 valence electrons. The van der Waals surface area contributed by atoms with Gasteiger partial charge in [0.05, 0.1) is 5.69 Å². The van der Waals surface area contributed by atoms with Crippen molar-refractivity contribution in [3.8, 4) is 11.3 Å². The quantitative estimate of drug-likeness (QED) is 0.782. The van der Waals surface area contributed by atoms with Crippen LogP contribution in [0.15, 0.2) is 59.4 Å². The monoisotopic (exact) mass is 355 g/mol. The van der Waals surface area contributed by atoms with E-state index in [0.29, 0.717) is 22.5 Å². The molecule has 0 spiro atoms. The molecule has 1 N–H and O–H groups in total. The molecule has 3 aromatic rings. The summed E-state index contributed by atoms with van der Waals surface area (Å²) in [5, 5.41) is 6.66. The van der Waals surface area contributed by atoms with Gasteiger partial charge in [0.15, 0.2) is 0 Å². The predicted molar refractivity (Wildman–Crippen MR) is 93.7 cm³/mol. The van der Waals surface area contributed by atoms with Crippen molar-refractivity contribution in [2.75, 3.05) is 5.32 Å². The third-order valence-electron chi connectivity index (χ3n) is 3.76. The van der Waals surface area contributed by atoms with Crippen LogP contribution in [0.5, 0.6) is 0 Å². The summed E-state index contributed by atoms with van der Waals surface area (Å²) in [6.07, 6.45) is 0. The van der Waals surface area contributed by atoms with E-state index in [1.807, 2.05) is 0 Å². The maximum Gasteiger partial charge on any atom is 0.267 e. The number of halogens is 2. The number of hydrogen-bond acceptors (Lipinski definition) is 3. The highest BCUT2D eigenvalue weighted by Gasteiger charge is 2.09. The maximum absolute atomic E-state index is 13.5. The normalized spacial score (nSPS) is 10.6. The number of rotatable bonds is 4. The number of hydrogen-bond donors (Lipinski definition) is 1. The second kappa shape index (κ2) is 7.26. The Hall–Kier alpha value is -3.35. The van der Waals surface area contributed by atoms with Crippen molar-refractivity contribution >= 4 is 11.6 Å². The van der Waals surface area contributed by atoms with E-state index >= 15 is 0 Å². The van der Waals surface area contributed by atoms with Gasteiger partial charge in [-0.1, -0.05) is 6.07 Å². The maximum atomic E-state index is 13.5. The lowest BCUT2D eigenvalue weighted by atomic mass is 10.1.